The van der Waals surface area contributed by atoms with Crippen molar-refractivity contribution in [3.05, 3.63) is 32.7 Å². The molecule has 78 valence electrons. The summed E-state index contributed by atoms with van der Waals surface area (Å²) in [4.78, 5) is 0. The second-order valence-corrected chi connectivity index (χ2v) is 5.27. The fourth-order valence-corrected chi connectivity index (χ4v) is 2.13. The van der Waals surface area contributed by atoms with Crippen LogP contribution in [-0.4, -0.2) is 5.11 Å². The highest BCUT2D eigenvalue weighted by atomic mass is 79.9. The quantitative estimate of drug-likeness (QED) is 0.880. The van der Waals surface area contributed by atoms with E-state index in [4.69, 9.17) is 0 Å². The Balaban J connectivity index is 2.99. The molecule has 1 aromatic carbocycles. The van der Waals surface area contributed by atoms with Crippen LogP contribution in [0.1, 0.15) is 31.9 Å². The first-order chi connectivity index (χ1) is 6.56. The monoisotopic (exact) mass is 320 g/mol. The molecule has 0 aliphatic carbocycles. The predicted molar refractivity (Wildman–Crippen MR) is 66.3 cm³/mol. The van der Waals surface area contributed by atoms with E-state index in [1.165, 1.54) is 0 Å². The molecule has 0 aromatic heterocycles. The molecule has 0 saturated carbocycles. The zero-order valence-corrected chi connectivity index (χ0v) is 11.5. The number of benzene rings is 1. The van der Waals surface area contributed by atoms with Crippen LogP contribution in [0.2, 0.25) is 0 Å². The maximum Gasteiger partial charge on any atom is 0.0826 e. The second kappa shape index (κ2) is 5.29. The molecular weight excluding hydrogens is 308 g/mol. The summed E-state index contributed by atoms with van der Waals surface area (Å²) in [5, 5.41) is 10.0. The van der Waals surface area contributed by atoms with E-state index in [-0.39, 0.29) is 5.92 Å². The van der Waals surface area contributed by atoms with Crippen molar-refractivity contribution in [3.63, 3.8) is 0 Å². The first kappa shape index (κ1) is 12.2. The third-order valence-electron chi connectivity index (χ3n) is 2.46. The largest absolute Gasteiger partial charge is 0.388 e. The average Bonchev–Trinajstić information content (AvgIpc) is 2.19. The summed E-state index contributed by atoms with van der Waals surface area (Å²) in [5.41, 5.74) is 0.953. The van der Waals surface area contributed by atoms with E-state index in [2.05, 4.69) is 45.7 Å². The van der Waals surface area contributed by atoms with E-state index in [1.54, 1.807) is 0 Å². The first-order valence-electron chi connectivity index (χ1n) is 4.69. The molecular formula is C11H14Br2O. The fraction of sp³-hybridized carbons (Fsp3) is 0.455. The van der Waals surface area contributed by atoms with E-state index < -0.39 is 6.10 Å². The van der Waals surface area contributed by atoms with Crippen molar-refractivity contribution in [2.24, 2.45) is 5.92 Å². The van der Waals surface area contributed by atoms with Crippen molar-refractivity contribution in [2.75, 3.05) is 0 Å². The topological polar surface area (TPSA) is 20.2 Å². The van der Waals surface area contributed by atoms with Gasteiger partial charge in [-0.3, -0.25) is 0 Å². The Morgan fingerprint density at radius 1 is 1.36 bits per heavy atom. The Bertz CT molecular complexity index is 312. The number of aliphatic hydroxyl groups is 1. The fourth-order valence-electron chi connectivity index (χ4n) is 1.27. The van der Waals surface area contributed by atoms with Gasteiger partial charge in [-0.15, -0.1) is 0 Å². The standard InChI is InChI=1S/C11H14Br2O/c1-3-7(2)11(14)9-6-8(12)4-5-10(9)13/h4-7,11,14H,3H2,1-2H3. The molecule has 3 heteroatoms. The van der Waals surface area contributed by atoms with Crippen LogP contribution in [0, 0.1) is 5.92 Å². The zero-order chi connectivity index (χ0) is 10.7. The van der Waals surface area contributed by atoms with Gasteiger partial charge in [0.25, 0.3) is 0 Å². The predicted octanol–water partition coefficient (Wildman–Crippen LogP) is 4.29. The van der Waals surface area contributed by atoms with Crippen LogP contribution >= 0.6 is 31.9 Å². The van der Waals surface area contributed by atoms with Gasteiger partial charge in [0.05, 0.1) is 6.10 Å². The highest BCUT2D eigenvalue weighted by molar-refractivity contribution is 9.11. The lowest BCUT2D eigenvalue weighted by Crippen LogP contribution is -2.08. The minimum Gasteiger partial charge on any atom is -0.388 e. The minimum atomic E-state index is -0.396. The molecule has 0 aliphatic rings. The van der Waals surface area contributed by atoms with Crippen LogP contribution in [0.15, 0.2) is 27.1 Å². The number of hydrogen-bond acceptors (Lipinski definition) is 1. The maximum absolute atomic E-state index is 10.0. The van der Waals surface area contributed by atoms with E-state index in [1.807, 2.05) is 18.2 Å². The molecule has 0 saturated heterocycles. The van der Waals surface area contributed by atoms with Crippen LogP contribution < -0.4 is 0 Å². The van der Waals surface area contributed by atoms with Gasteiger partial charge >= 0.3 is 0 Å². The Kier molecular flexibility index (Phi) is 4.61. The molecule has 2 unspecified atom stereocenters. The van der Waals surface area contributed by atoms with Crippen molar-refractivity contribution in [2.45, 2.75) is 26.4 Å². The van der Waals surface area contributed by atoms with Gasteiger partial charge in [0, 0.05) is 8.95 Å². The van der Waals surface area contributed by atoms with Gasteiger partial charge in [0.15, 0.2) is 0 Å². The summed E-state index contributed by atoms with van der Waals surface area (Å²) in [7, 11) is 0. The normalized spacial score (nSPS) is 15.2. The van der Waals surface area contributed by atoms with Crippen molar-refractivity contribution >= 4 is 31.9 Å². The summed E-state index contributed by atoms with van der Waals surface area (Å²) in [6.07, 6.45) is 0.576. The Labute approximate surface area is 102 Å². The Morgan fingerprint density at radius 2 is 2.00 bits per heavy atom. The Morgan fingerprint density at radius 3 is 2.57 bits per heavy atom. The van der Waals surface area contributed by atoms with E-state index in [0.29, 0.717) is 0 Å². The van der Waals surface area contributed by atoms with Crippen LogP contribution in [0.5, 0.6) is 0 Å². The Hall–Kier alpha value is 0.140. The summed E-state index contributed by atoms with van der Waals surface area (Å²) < 4.78 is 1.96. The highest BCUT2D eigenvalue weighted by Gasteiger charge is 2.17. The average molecular weight is 322 g/mol. The summed E-state index contributed by atoms with van der Waals surface area (Å²) in [5.74, 6) is 0.278. The third-order valence-corrected chi connectivity index (χ3v) is 3.68. The molecule has 0 aliphatic heterocycles. The number of hydrogen-bond donors (Lipinski definition) is 1. The number of rotatable bonds is 3. The molecule has 1 nitrogen and oxygen atoms in total. The highest BCUT2D eigenvalue weighted by Crippen LogP contribution is 2.32. The second-order valence-electron chi connectivity index (χ2n) is 3.50. The molecule has 0 bridgehead atoms. The number of halogens is 2. The van der Waals surface area contributed by atoms with Gasteiger partial charge in [-0.2, -0.15) is 0 Å². The molecule has 0 heterocycles. The van der Waals surface area contributed by atoms with Crippen molar-refractivity contribution in [1.29, 1.82) is 0 Å². The molecule has 1 aromatic rings. The van der Waals surface area contributed by atoms with Crippen molar-refractivity contribution < 1.29 is 5.11 Å². The summed E-state index contributed by atoms with van der Waals surface area (Å²) in [6, 6.07) is 5.86. The van der Waals surface area contributed by atoms with Crippen LogP contribution in [0.4, 0.5) is 0 Å². The van der Waals surface area contributed by atoms with Crippen LogP contribution in [0.3, 0.4) is 0 Å². The lowest BCUT2D eigenvalue weighted by Gasteiger charge is -2.19. The molecule has 0 radical (unpaired) electrons. The number of aliphatic hydroxyl groups excluding tert-OH is 1. The van der Waals surface area contributed by atoms with Crippen LogP contribution in [0.25, 0.3) is 0 Å². The lowest BCUT2D eigenvalue weighted by atomic mass is 9.95. The lowest BCUT2D eigenvalue weighted by molar-refractivity contribution is 0.115. The molecule has 0 fully saturated rings. The van der Waals surface area contributed by atoms with Crippen LogP contribution in [-0.2, 0) is 0 Å². The van der Waals surface area contributed by atoms with Crippen molar-refractivity contribution in [1.82, 2.24) is 0 Å². The SMILES string of the molecule is CCC(C)C(O)c1cc(Br)ccc1Br. The van der Waals surface area contributed by atoms with Gasteiger partial charge in [0.1, 0.15) is 0 Å². The maximum atomic E-state index is 10.0. The molecule has 2 atom stereocenters. The molecule has 1 N–H and O–H groups in total. The van der Waals surface area contributed by atoms with Crippen molar-refractivity contribution in [3.8, 4) is 0 Å². The van der Waals surface area contributed by atoms with E-state index in [0.717, 1.165) is 20.9 Å². The van der Waals surface area contributed by atoms with E-state index >= 15 is 0 Å². The van der Waals surface area contributed by atoms with Gasteiger partial charge in [0.2, 0.25) is 0 Å². The third kappa shape index (κ3) is 2.81. The van der Waals surface area contributed by atoms with Gasteiger partial charge < -0.3 is 5.11 Å². The van der Waals surface area contributed by atoms with E-state index in [9.17, 15) is 5.11 Å². The molecule has 0 spiro atoms. The molecule has 1 rings (SSSR count). The van der Waals surface area contributed by atoms with Gasteiger partial charge in [-0.05, 0) is 29.7 Å². The summed E-state index contributed by atoms with van der Waals surface area (Å²) in [6.45, 7) is 4.14. The molecule has 14 heavy (non-hydrogen) atoms. The minimum absolute atomic E-state index is 0.278. The zero-order valence-electron chi connectivity index (χ0n) is 8.30. The van der Waals surface area contributed by atoms with Gasteiger partial charge in [-0.25, -0.2) is 0 Å². The van der Waals surface area contributed by atoms with Gasteiger partial charge in [-0.1, -0.05) is 52.1 Å². The first-order valence-corrected chi connectivity index (χ1v) is 6.27. The summed E-state index contributed by atoms with van der Waals surface area (Å²) >= 11 is 6.85. The molecule has 0 amide bonds. The smallest absolute Gasteiger partial charge is 0.0826 e.